The first kappa shape index (κ1) is 13.1. The van der Waals surface area contributed by atoms with Crippen LogP contribution in [0, 0.1) is 0 Å². The van der Waals surface area contributed by atoms with Gasteiger partial charge in [0.15, 0.2) is 5.16 Å². The van der Waals surface area contributed by atoms with Gasteiger partial charge in [-0.05, 0) is 12.7 Å². The molecule has 0 amide bonds. The van der Waals surface area contributed by atoms with Gasteiger partial charge < -0.3 is 14.8 Å². The highest BCUT2D eigenvalue weighted by molar-refractivity contribution is 7.99. The molecule has 1 aromatic heterocycles. The quantitative estimate of drug-likeness (QED) is 0.446. The van der Waals surface area contributed by atoms with Crippen LogP contribution in [0.1, 0.15) is 19.4 Å². The molecule has 16 heavy (non-hydrogen) atoms. The fourth-order valence-electron chi connectivity index (χ4n) is 1.21. The Kier molecular flexibility index (Phi) is 5.34. The maximum absolute atomic E-state index is 11.6. The zero-order chi connectivity index (χ0) is 12.0. The molecular formula is C10H16N2O3S. The van der Waals surface area contributed by atoms with Crippen LogP contribution in [0.5, 0.6) is 5.88 Å². The summed E-state index contributed by atoms with van der Waals surface area (Å²) in [4.78, 5) is 18.1. The zero-order valence-electron chi connectivity index (χ0n) is 9.45. The van der Waals surface area contributed by atoms with Gasteiger partial charge in [-0.15, -0.1) is 0 Å². The van der Waals surface area contributed by atoms with Crippen LogP contribution in [-0.4, -0.2) is 34.0 Å². The van der Waals surface area contributed by atoms with Crippen molar-refractivity contribution in [2.24, 2.45) is 0 Å². The van der Waals surface area contributed by atoms with Gasteiger partial charge in [-0.25, -0.2) is 0 Å². The van der Waals surface area contributed by atoms with Crippen LogP contribution in [-0.2, 0) is 11.2 Å². The Bertz CT molecular complexity index is 392. The van der Waals surface area contributed by atoms with E-state index in [0.29, 0.717) is 24.8 Å². The van der Waals surface area contributed by atoms with E-state index in [-0.39, 0.29) is 17.0 Å². The lowest BCUT2D eigenvalue weighted by molar-refractivity contribution is 0.150. The summed E-state index contributed by atoms with van der Waals surface area (Å²) in [6.45, 7) is 4.83. The zero-order valence-corrected chi connectivity index (χ0v) is 10.3. The molecule has 5 nitrogen and oxygen atoms in total. The number of hydrogen-bond donors (Lipinski definition) is 2. The lowest BCUT2D eigenvalue weighted by atomic mass is 10.2. The molecule has 0 aliphatic rings. The maximum Gasteiger partial charge on any atom is 0.258 e. The Morgan fingerprint density at radius 2 is 2.25 bits per heavy atom. The number of ether oxygens (including phenoxy) is 1. The molecule has 1 heterocycles. The van der Waals surface area contributed by atoms with E-state index >= 15 is 0 Å². The molecule has 6 heteroatoms. The minimum absolute atomic E-state index is 0.195. The fraction of sp³-hybridized carbons (Fsp3) is 0.600. The molecule has 0 spiro atoms. The second-order valence-corrected chi connectivity index (χ2v) is 4.31. The van der Waals surface area contributed by atoms with Gasteiger partial charge in [-0.2, -0.15) is 4.98 Å². The van der Waals surface area contributed by atoms with Crippen LogP contribution < -0.4 is 5.56 Å². The molecule has 0 atom stereocenters. The number of H-pyrrole nitrogens is 1. The van der Waals surface area contributed by atoms with Crippen LogP contribution in [0.25, 0.3) is 0 Å². The number of hydrogen-bond acceptors (Lipinski definition) is 5. The van der Waals surface area contributed by atoms with Gasteiger partial charge in [0, 0.05) is 13.0 Å². The van der Waals surface area contributed by atoms with Gasteiger partial charge in [0.05, 0.1) is 12.2 Å². The van der Waals surface area contributed by atoms with Crippen LogP contribution in [0.4, 0.5) is 0 Å². The van der Waals surface area contributed by atoms with Gasteiger partial charge in [-0.3, -0.25) is 4.79 Å². The summed E-state index contributed by atoms with van der Waals surface area (Å²) in [5.41, 5.74) is -0.00273. The van der Waals surface area contributed by atoms with E-state index in [2.05, 4.69) is 9.97 Å². The largest absolute Gasteiger partial charge is 0.493 e. The van der Waals surface area contributed by atoms with Crippen molar-refractivity contribution >= 4 is 11.8 Å². The Morgan fingerprint density at radius 3 is 2.81 bits per heavy atom. The number of aromatic amines is 1. The smallest absolute Gasteiger partial charge is 0.258 e. The summed E-state index contributed by atoms with van der Waals surface area (Å²) in [6, 6.07) is 0. The first-order valence-corrected chi connectivity index (χ1v) is 6.20. The summed E-state index contributed by atoms with van der Waals surface area (Å²) >= 11 is 1.38. The molecule has 0 saturated carbocycles. The lowest BCUT2D eigenvalue weighted by Crippen LogP contribution is -2.17. The minimum atomic E-state index is -0.289. The molecule has 0 unspecified atom stereocenters. The predicted molar refractivity (Wildman–Crippen MR) is 63.1 cm³/mol. The van der Waals surface area contributed by atoms with Gasteiger partial charge >= 0.3 is 0 Å². The Hall–Kier alpha value is -1.01. The lowest BCUT2D eigenvalue weighted by Gasteiger charge is -2.05. The van der Waals surface area contributed by atoms with E-state index < -0.39 is 0 Å². The fourth-order valence-corrected chi connectivity index (χ4v) is 1.80. The number of nitrogens with zero attached hydrogens (tertiary/aromatic N) is 1. The van der Waals surface area contributed by atoms with E-state index in [4.69, 9.17) is 4.74 Å². The summed E-state index contributed by atoms with van der Waals surface area (Å²) in [5, 5.41) is 10.0. The molecule has 1 rings (SSSR count). The van der Waals surface area contributed by atoms with Gasteiger partial charge in [0.2, 0.25) is 5.88 Å². The molecular weight excluding hydrogens is 228 g/mol. The van der Waals surface area contributed by atoms with E-state index in [1.807, 2.05) is 13.8 Å². The Balaban J connectivity index is 2.81. The van der Waals surface area contributed by atoms with Gasteiger partial charge in [-0.1, -0.05) is 18.7 Å². The van der Waals surface area contributed by atoms with Crippen molar-refractivity contribution in [3.8, 4) is 5.88 Å². The number of aromatic hydroxyl groups is 1. The molecule has 0 aliphatic carbocycles. The number of rotatable bonds is 6. The topological polar surface area (TPSA) is 75.2 Å². The molecule has 0 saturated heterocycles. The van der Waals surface area contributed by atoms with Crippen molar-refractivity contribution in [1.82, 2.24) is 9.97 Å². The highest BCUT2D eigenvalue weighted by atomic mass is 32.2. The Morgan fingerprint density at radius 1 is 1.50 bits per heavy atom. The third kappa shape index (κ3) is 3.53. The van der Waals surface area contributed by atoms with Crippen molar-refractivity contribution in [1.29, 1.82) is 0 Å². The molecule has 2 N–H and O–H groups in total. The van der Waals surface area contributed by atoms with Crippen LogP contribution >= 0.6 is 11.8 Å². The summed E-state index contributed by atoms with van der Waals surface area (Å²) in [6.07, 6.45) is 0.374. The highest BCUT2D eigenvalue weighted by Gasteiger charge is 2.10. The van der Waals surface area contributed by atoms with Crippen molar-refractivity contribution in [2.75, 3.05) is 19.0 Å². The molecule has 0 radical (unpaired) electrons. The number of thioether (sulfide) groups is 1. The summed E-state index contributed by atoms with van der Waals surface area (Å²) < 4.78 is 5.13. The number of nitrogens with one attached hydrogen (secondary N) is 1. The highest BCUT2D eigenvalue weighted by Crippen LogP contribution is 2.16. The van der Waals surface area contributed by atoms with Crippen molar-refractivity contribution in [2.45, 2.75) is 25.4 Å². The second-order valence-electron chi connectivity index (χ2n) is 3.05. The average Bonchev–Trinajstić information content (AvgIpc) is 2.23. The third-order valence-electron chi connectivity index (χ3n) is 1.95. The van der Waals surface area contributed by atoms with Crippen LogP contribution in [0.3, 0.4) is 0 Å². The monoisotopic (exact) mass is 244 g/mol. The van der Waals surface area contributed by atoms with Gasteiger partial charge in [0.1, 0.15) is 0 Å². The van der Waals surface area contributed by atoms with E-state index in [1.54, 1.807) is 0 Å². The Labute approximate surface area is 98.3 Å². The molecule has 0 aromatic carbocycles. The van der Waals surface area contributed by atoms with E-state index in [1.165, 1.54) is 11.8 Å². The molecule has 0 aliphatic heterocycles. The molecule has 90 valence electrons. The second kappa shape index (κ2) is 6.55. The summed E-state index contributed by atoms with van der Waals surface area (Å²) in [7, 11) is 0. The molecule has 0 bridgehead atoms. The first-order chi connectivity index (χ1) is 7.69. The van der Waals surface area contributed by atoms with Crippen LogP contribution in [0.2, 0.25) is 0 Å². The third-order valence-corrected chi connectivity index (χ3v) is 2.71. The normalized spacial score (nSPS) is 10.6. The first-order valence-electron chi connectivity index (χ1n) is 5.21. The maximum atomic E-state index is 11.6. The van der Waals surface area contributed by atoms with Crippen LogP contribution in [0.15, 0.2) is 9.95 Å². The van der Waals surface area contributed by atoms with Crippen molar-refractivity contribution < 1.29 is 9.84 Å². The molecule has 0 fully saturated rings. The number of aromatic nitrogens is 2. The van der Waals surface area contributed by atoms with E-state index in [0.717, 1.165) is 5.75 Å². The van der Waals surface area contributed by atoms with E-state index in [9.17, 15) is 9.90 Å². The standard InChI is InChI=1S/C10H16N2O3S/c1-3-15-6-5-7-8(13)11-10(16-4-2)12-9(7)14/h3-6H2,1-2H3,(H2,11,12,13,14). The predicted octanol–water partition coefficient (Wildman–Crippen LogP) is 1.17. The molecule has 1 aromatic rings. The minimum Gasteiger partial charge on any atom is -0.493 e. The van der Waals surface area contributed by atoms with Crippen molar-refractivity contribution in [3.63, 3.8) is 0 Å². The SMILES string of the molecule is CCOCCc1c(O)nc(SCC)[nH]c1=O. The average molecular weight is 244 g/mol. The van der Waals surface area contributed by atoms with Gasteiger partial charge in [0.25, 0.3) is 5.56 Å². The summed E-state index contributed by atoms with van der Waals surface area (Å²) in [5.74, 6) is 0.597. The van der Waals surface area contributed by atoms with Crippen molar-refractivity contribution in [3.05, 3.63) is 15.9 Å².